The summed E-state index contributed by atoms with van der Waals surface area (Å²) in [5.41, 5.74) is 3.12. The number of benzene rings is 2. The molecule has 0 bridgehead atoms. The lowest BCUT2D eigenvalue weighted by Gasteiger charge is -2.09. The Balaban J connectivity index is 1.95. The summed E-state index contributed by atoms with van der Waals surface area (Å²) >= 11 is 1.48. The third-order valence-corrected chi connectivity index (χ3v) is 4.47. The Hall–Kier alpha value is -2.53. The molecule has 0 radical (unpaired) electrons. The van der Waals surface area contributed by atoms with Crippen molar-refractivity contribution in [1.29, 1.82) is 0 Å². The molecule has 116 valence electrons. The van der Waals surface area contributed by atoms with E-state index in [-0.39, 0.29) is 11.6 Å². The highest BCUT2D eigenvalue weighted by atomic mass is 32.2. The highest BCUT2D eigenvalue weighted by Gasteiger charge is 2.17. The maximum Gasteiger partial charge on any atom is 0.227 e. The van der Waals surface area contributed by atoms with Crippen molar-refractivity contribution >= 4 is 18.0 Å². The molecular weight excluding hydrogens is 308 g/mol. The molecule has 0 atom stereocenters. The average Bonchev–Trinajstić information content (AvgIpc) is 2.90. The molecule has 0 aliphatic carbocycles. The van der Waals surface area contributed by atoms with Crippen molar-refractivity contribution in [3.8, 4) is 11.6 Å². The molecule has 2 aromatic carbocycles. The molecule has 0 amide bonds. The molecule has 1 heterocycles. The number of hydrogen-bond acceptors (Lipinski definition) is 4. The highest BCUT2D eigenvalue weighted by Crippen LogP contribution is 2.31. The van der Waals surface area contributed by atoms with Crippen LogP contribution in [0.5, 0.6) is 5.88 Å². The molecule has 0 saturated heterocycles. The van der Waals surface area contributed by atoms with Crippen LogP contribution in [0, 0.1) is 6.92 Å². The van der Waals surface area contributed by atoms with Crippen molar-refractivity contribution in [2.24, 2.45) is 0 Å². The lowest BCUT2D eigenvalue weighted by atomic mass is 10.2. The normalized spacial score (nSPS) is 10.7. The van der Waals surface area contributed by atoms with Crippen LogP contribution >= 0.6 is 11.8 Å². The molecule has 0 unspecified atom stereocenters. The first-order valence-electron chi connectivity index (χ1n) is 7.19. The van der Waals surface area contributed by atoms with Gasteiger partial charge in [-0.2, -0.15) is 0 Å². The summed E-state index contributed by atoms with van der Waals surface area (Å²) in [6, 6.07) is 17.7. The van der Waals surface area contributed by atoms with Gasteiger partial charge in [0.15, 0.2) is 17.1 Å². The van der Waals surface area contributed by atoms with Gasteiger partial charge in [0.05, 0.1) is 5.69 Å². The van der Waals surface area contributed by atoms with Crippen molar-refractivity contribution < 1.29 is 9.90 Å². The Kier molecular flexibility index (Phi) is 4.48. The molecule has 0 aliphatic rings. The minimum atomic E-state index is -0.126. The zero-order valence-electron chi connectivity index (χ0n) is 12.6. The highest BCUT2D eigenvalue weighted by molar-refractivity contribution is 7.98. The quantitative estimate of drug-likeness (QED) is 0.569. The first kappa shape index (κ1) is 15.4. The van der Waals surface area contributed by atoms with Crippen molar-refractivity contribution in [2.75, 3.05) is 0 Å². The largest absolute Gasteiger partial charge is 0.493 e. The van der Waals surface area contributed by atoms with Gasteiger partial charge in [0.2, 0.25) is 5.88 Å². The fourth-order valence-electron chi connectivity index (χ4n) is 2.23. The first-order chi connectivity index (χ1) is 11.2. The second-order valence-corrected chi connectivity index (χ2v) is 6.11. The second kappa shape index (κ2) is 6.71. The van der Waals surface area contributed by atoms with Crippen molar-refractivity contribution in [3.05, 3.63) is 71.4 Å². The zero-order valence-corrected chi connectivity index (χ0v) is 13.5. The molecule has 5 heteroatoms. The number of nitrogens with zero attached hydrogens (tertiary/aromatic N) is 2. The van der Waals surface area contributed by atoms with Gasteiger partial charge < -0.3 is 5.11 Å². The number of aldehydes is 1. The number of thioether (sulfide) groups is 1. The van der Waals surface area contributed by atoms with Gasteiger partial charge in [-0.15, -0.1) is 0 Å². The summed E-state index contributed by atoms with van der Waals surface area (Å²) < 4.78 is 1.61. The molecule has 1 N–H and O–H groups in total. The number of imidazole rings is 1. The van der Waals surface area contributed by atoms with Crippen LogP contribution in [0.2, 0.25) is 0 Å². The summed E-state index contributed by atoms with van der Waals surface area (Å²) in [5, 5.41) is 10.9. The lowest BCUT2D eigenvalue weighted by molar-refractivity contribution is 0.111. The van der Waals surface area contributed by atoms with E-state index in [4.69, 9.17) is 0 Å². The Morgan fingerprint density at radius 1 is 1.13 bits per heavy atom. The van der Waals surface area contributed by atoms with Crippen LogP contribution in [0.15, 0.2) is 59.8 Å². The van der Waals surface area contributed by atoms with Crippen LogP contribution in [-0.4, -0.2) is 20.9 Å². The maximum atomic E-state index is 11.1. The number of rotatable bonds is 5. The van der Waals surface area contributed by atoms with Gasteiger partial charge >= 0.3 is 0 Å². The zero-order chi connectivity index (χ0) is 16.2. The predicted molar refractivity (Wildman–Crippen MR) is 91.4 cm³/mol. The molecule has 0 spiro atoms. The van der Waals surface area contributed by atoms with Crippen molar-refractivity contribution in [2.45, 2.75) is 17.8 Å². The van der Waals surface area contributed by atoms with Crippen LogP contribution in [0.25, 0.3) is 5.69 Å². The number of carbonyl (C=O) groups excluding carboxylic acids is 1. The topological polar surface area (TPSA) is 55.1 Å². The van der Waals surface area contributed by atoms with Gasteiger partial charge in [0.25, 0.3) is 0 Å². The minimum absolute atomic E-state index is 0.0566. The Bertz CT molecular complexity index is 811. The van der Waals surface area contributed by atoms with E-state index in [1.54, 1.807) is 4.57 Å². The van der Waals surface area contributed by atoms with Gasteiger partial charge in [0, 0.05) is 5.75 Å². The van der Waals surface area contributed by atoms with E-state index in [0.717, 1.165) is 16.8 Å². The number of aromatic nitrogens is 2. The number of aromatic hydroxyl groups is 1. The fraction of sp³-hybridized carbons (Fsp3) is 0.111. The maximum absolute atomic E-state index is 11.1. The van der Waals surface area contributed by atoms with Crippen LogP contribution in [0.3, 0.4) is 0 Å². The lowest BCUT2D eigenvalue weighted by Crippen LogP contribution is -1.96. The van der Waals surface area contributed by atoms with Crippen molar-refractivity contribution in [3.63, 3.8) is 0 Å². The molecule has 0 fully saturated rings. The fourth-order valence-corrected chi connectivity index (χ4v) is 3.20. The van der Waals surface area contributed by atoms with Gasteiger partial charge in [-0.3, -0.25) is 9.36 Å². The molecule has 23 heavy (non-hydrogen) atoms. The molecular formula is C18H16N2O2S. The molecule has 3 rings (SSSR count). The van der Waals surface area contributed by atoms with Gasteiger partial charge in [-0.1, -0.05) is 59.8 Å². The van der Waals surface area contributed by atoms with Gasteiger partial charge in [0.1, 0.15) is 0 Å². The van der Waals surface area contributed by atoms with E-state index in [2.05, 4.69) is 4.98 Å². The standard InChI is InChI=1S/C18H16N2O2S/c1-13-7-9-15(10-8-13)20-17(22)16(11-21)19-18(20)23-12-14-5-3-2-4-6-14/h2-11,22H,12H2,1H3. The summed E-state index contributed by atoms with van der Waals surface area (Å²) in [6.07, 6.45) is 0.576. The molecule has 4 nitrogen and oxygen atoms in total. The number of carbonyl (C=O) groups is 1. The van der Waals surface area contributed by atoms with Crippen LogP contribution in [0.1, 0.15) is 21.6 Å². The summed E-state index contributed by atoms with van der Waals surface area (Å²) in [5.74, 6) is 0.584. The van der Waals surface area contributed by atoms with E-state index in [1.165, 1.54) is 11.8 Å². The Labute approximate surface area is 138 Å². The van der Waals surface area contributed by atoms with Crippen LogP contribution < -0.4 is 0 Å². The average molecular weight is 324 g/mol. The summed E-state index contributed by atoms with van der Waals surface area (Å²) in [4.78, 5) is 15.4. The minimum Gasteiger partial charge on any atom is -0.493 e. The van der Waals surface area contributed by atoms with Crippen LogP contribution in [-0.2, 0) is 5.75 Å². The summed E-state index contributed by atoms with van der Waals surface area (Å²) in [7, 11) is 0. The second-order valence-electron chi connectivity index (χ2n) is 5.17. The number of hydrogen-bond donors (Lipinski definition) is 1. The molecule has 0 saturated carbocycles. The monoisotopic (exact) mass is 324 g/mol. The predicted octanol–water partition coefficient (Wildman–Crippen LogP) is 3.99. The summed E-state index contributed by atoms with van der Waals surface area (Å²) in [6.45, 7) is 2.00. The SMILES string of the molecule is Cc1ccc(-n2c(SCc3ccccc3)nc(C=O)c2O)cc1. The van der Waals surface area contributed by atoms with Gasteiger partial charge in [-0.05, 0) is 24.6 Å². The third-order valence-electron chi connectivity index (χ3n) is 3.46. The third kappa shape index (κ3) is 3.29. The molecule has 0 aliphatic heterocycles. The van der Waals surface area contributed by atoms with Crippen LogP contribution in [0.4, 0.5) is 0 Å². The molecule has 3 aromatic rings. The van der Waals surface area contributed by atoms with Crippen molar-refractivity contribution in [1.82, 2.24) is 9.55 Å². The van der Waals surface area contributed by atoms with E-state index in [1.807, 2.05) is 61.5 Å². The Morgan fingerprint density at radius 2 is 1.83 bits per heavy atom. The van der Waals surface area contributed by atoms with E-state index in [0.29, 0.717) is 17.2 Å². The first-order valence-corrected chi connectivity index (χ1v) is 8.18. The van der Waals surface area contributed by atoms with Gasteiger partial charge in [-0.25, -0.2) is 4.98 Å². The van der Waals surface area contributed by atoms with E-state index in [9.17, 15) is 9.90 Å². The van der Waals surface area contributed by atoms with E-state index < -0.39 is 0 Å². The van der Waals surface area contributed by atoms with E-state index >= 15 is 0 Å². The number of aryl methyl sites for hydroxylation is 1. The Morgan fingerprint density at radius 3 is 2.48 bits per heavy atom. The smallest absolute Gasteiger partial charge is 0.227 e. The molecule has 1 aromatic heterocycles.